The topological polar surface area (TPSA) is 101 Å². The SMILES string of the molecule is CCOc1ccccc1C(=O)NCC(=O)NC1CCCN(c2cccnc2)C1=O. The van der Waals surface area contributed by atoms with E-state index in [4.69, 9.17) is 4.74 Å². The monoisotopic (exact) mass is 396 g/mol. The highest BCUT2D eigenvalue weighted by Gasteiger charge is 2.30. The van der Waals surface area contributed by atoms with Crippen molar-refractivity contribution in [2.75, 3.05) is 24.6 Å². The first-order valence-corrected chi connectivity index (χ1v) is 9.61. The van der Waals surface area contributed by atoms with E-state index in [0.29, 0.717) is 36.6 Å². The van der Waals surface area contributed by atoms with Crippen molar-refractivity contribution >= 4 is 23.4 Å². The van der Waals surface area contributed by atoms with Gasteiger partial charge >= 0.3 is 0 Å². The number of carbonyl (C=O) groups excluding carboxylic acids is 3. The molecule has 29 heavy (non-hydrogen) atoms. The van der Waals surface area contributed by atoms with Gasteiger partial charge in [0.1, 0.15) is 11.8 Å². The number of nitrogens with one attached hydrogen (secondary N) is 2. The summed E-state index contributed by atoms with van der Waals surface area (Å²) in [5, 5.41) is 5.30. The van der Waals surface area contributed by atoms with Crippen LogP contribution in [-0.4, -0.2) is 48.4 Å². The summed E-state index contributed by atoms with van der Waals surface area (Å²) in [6.07, 6.45) is 4.59. The van der Waals surface area contributed by atoms with Crippen molar-refractivity contribution in [2.24, 2.45) is 0 Å². The summed E-state index contributed by atoms with van der Waals surface area (Å²) < 4.78 is 5.44. The Kier molecular flexibility index (Phi) is 6.78. The average molecular weight is 396 g/mol. The van der Waals surface area contributed by atoms with Gasteiger partial charge in [-0.25, -0.2) is 0 Å². The maximum atomic E-state index is 12.7. The number of para-hydroxylation sites is 1. The molecule has 0 radical (unpaired) electrons. The van der Waals surface area contributed by atoms with Crippen molar-refractivity contribution < 1.29 is 19.1 Å². The lowest BCUT2D eigenvalue weighted by Gasteiger charge is -2.32. The number of amides is 3. The van der Waals surface area contributed by atoms with Gasteiger partial charge in [0.25, 0.3) is 5.91 Å². The molecule has 1 unspecified atom stereocenters. The van der Waals surface area contributed by atoms with E-state index in [9.17, 15) is 14.4 Å². The lowest BCUT2D eigenvalue weighted by atomic mass is 10.0. The minimum absolute atomic E-state index is 0.175. The Morgan fingerprint density at radius 1 is 1.24 bits per heavy atom. The van der Waals surface area contributed by atoms with Crippen molar-refractivity contribution in [3.8, 4) is 5.75 Å². The maximum absolute atomic E-state index is 12.7. The molecule has 1 saturated heterocycles. The second-order valence-electron chi connectivity index (χ2n) is 6.58. The third-order valence-corrected chi connectivity index (χ3v) is 4.57. The maximum Gasteiger partial charge on any atom is 0.255 e. The second-order valence-corrected chi connectivity index (χ2v) is 6.58. The molecular weight excluding hydrogens is 372 g/mol. The number of pyridine rings is 1. The molecule has 0 saturated carbocycles. The molecular formula is C21H24N4O4. The van der Waals surface area contributed by atoms with Crippen LogP contribution in [0, 0.1) is 0 Å². The Labute approximate surface area is 169 Å². The Balaban J connectivity index is 1.55. The highest BCUT2D eigenvalue weighted by molar-refractivity contribution is 6.01. The van der Waals surface area contributed by atoms with Crippen LogP contribution in [0.2, 0.25) is 0 Å². The minimum Gasteiger partial charge on any atom is -0.493 e. The second kappa shape index (κ2) is 9.68. The van der Waals surface area contributed by atoms with E-state index in [1.807, 2.05) is 13.0 Å². The molecule has 0 spiro atoms. The number of piperidine rings is 1. The highest BCUT2D eigenvalue weighted by atomic mass is 16.5. The molecule has 1 aliphatic heterocycles. The summed E-state index contributed by atoms with van der Waals surface area (Å²) in [5.41, 5.74) is 1.07. The van der Waals surface area contributed by atoms with Crippen LogP contribution in [0.1, 0.15) is 30.1 Å². The number of anilines is 1. The summed E-state index contributed by atoms with van der Waals surface area (Å²) in [6, 6.07) is 9.79. The van der Waals surface area contributed by atoms with E-state index in [0.717, 1.165) is 6.42 Å². The van der Waals surface area contributed by atoms with Crippen molar-refractivity contribution in [1.82, 2.24) is 15.6 Å². The van der Waals surface area contributed by atoms with Crippen LogP contribution in [0.5, 0.6) is 5.75 Å². The molecule has 0 bridgehead atoms. The quantitative estimate of drug-likeness (QED) is 0.739. The van der Waals surface area contributed by atoms with Gasteiger partial charge < -0.3 is 20.3 Å². The van der Waals surface area contributed by atoms with Crippen LogP contribution in [0.15, 0.2) is 48.8 Å². The summed E-state index contributed by atoms with van der Waals surface area (Å²) >= 11 is 0. The number of hydrogen-bond donors (Lipinski definition) is 2. The molecule has 1 aromatic heterocycles. The Morgan fingerprint density at radius 3 is 2.83 bits per heavy atom. The number of aromatic nitrogens is 1. The molecule has 3 rings (SSSR count). The van der Waals surface area contributed by atoms with Crippen molar-refractivity contribution in [2.45, 2.75) is 25.8 Å². The van der Waals surface area contributed by atoms with Gasteiger partial charge in [0.15, 0.2) is 0 Å². The third-order valence-electron chi connectivity index (χ3n) is 4.57. The molecule has 1 atom stereocenters. The van der Waals surface area contributed by atoms with Gasteiger partial charge in [-0.1, -0.05) is 12.1 Å². The van der Waals surface area contributed by atoms with E-state index in [2.05, 4.69) is 15.6 Å². The zero-order chi connectivity index (χ0) is 20.6. The molecule has 0 aliphatic carbocycles. The number of carbonyl (C=O) groups is 3. The van der Waals surface area contributed by atoms with Gasteiger partial charge in [-0.05, 0) is 44.0 Å². The minimum atomic E-state index is -0.621. The number of rotatable bonds is 7. The van der Waals surface area contributed by atoms with Crippen LogP contribution in [-0.2, 0) is 9.59 Å². The highest BCUT2D eigenvalue weighted by Crippen LogP contribution is 2.20. The molecule has 8 nitrogen and oxygen atoms in total. The molecule has 2 heterocycles. The van der Waals surface area contributed by atoms with E-state index in [1.165, 1.54) is 0 Å². The fourth-order valence-electron chi connectivity index (χ4n) is 3.22. The fraction of sp³-hybridized carbons (Fsp3) is 0.333. The van der Waals surface area contributed by atoms with Gasteiger partial charge in [0.2, 0.25) is 11.8 Å². The fourth-order valence-corrected chi connectivity index (χ4v) is 3.22. The summed E-state index contributed by atoms with van der Waals surface area (Å²) in [6.45, 7) is 2.62. The number of hydrogen-bond acceptors (Lipinski definition) is 5. The van der Waals surface area contributed by atoms with Crippen LogP contribution < -0.4 is 20.3 Å². The van der Waals surface area contributed by atoms with E-state index < -0.39 is 17.9 Å². The Hall–Kier alpha value is -3.42. The summed E-state index contributed by atoms with van der Waals surface area (Å²) in [5.74, 6) is -0.539. The number of ether oxygens (including phenoxy) is 1. The van der Waals surface area contributed by atoms with E-state index in [-0.39, 0.29) is 12.5 Å². The predicted molar refractivity (Wildman–Crippen MR) is 108 cm³/mol. The van der Waals surface area contributed by atoms with Gasteiger partial charge in [0, 0.05) is 12.7 Å². The van der Waals surface area contributed by atoms with Crippen LogP contribution in [0.4, 0.5) is 5.69 Å². The first-order valence-electron chi connectivity index (χ1n) is 9.61. The average Bonchev–Trinajstić information content (AvgIpc) is 2.75. The summed E-state index contributed by atoms with van der Waals surface area (Å²) in [4.78, 5) is 43.1. The van der Waals surface area contributed by atoms with Gasteiger partial charge in [-0.3, -0.25) is 19.4 Å². The van der Waals surface area contributed by atoms with Gasteiger partial charge in [-0.15, -0.1) is 0 Å². The molecule has 1 aliphatic rings. The van der Waals surface area contributed by atoms with Crippen molar-refractivity contribution in [3.63, 3.8) is 0 Å². The first kappa shape index (κ1) is 20.3. The van der Waals surface area contributed by atoms with Gasteiger partial charge in [0.05, 0.1) is 30.6 Å². The molecule has 152 valence electrons. The van der Waals surface area contributed by atoms with Crippen molar-refractivity contribution in [1.29, 1.82) is 0 Å². The molecule has 1 fully saturated rings. The smallest absolute Gasteiger partial charge is 0.255 e. The van der Waals surface area contributed by atoms with Crippen molar-refractivity contribution in [3.05, 3.63) is 54.4 Å². The molecule has 3 amide bonds. The molecule has 8 heteroatoms. The Bertz CT molecular complexity index is 872. The normalized spacial score (nSPS) is 16.2. The standard InChI is InChI=1S/C21H24N4O4/c1-2-29-18-10-4-3-8-16(18)20(27)23-14-19(26)24-17-9-6-12-25(21(17)28)15-7-5-11-22-13-15/h3-5,7-8,10-11,13,17H,2,6,9,12,14H2,1H3,(H,23,27)(H,24,26). The van der Waals surface area contributed by atoms with Crippen LogP contribution in [0.25, 0.3) is 0 Å². The number of benzene rings is 1. The lowest BCUT2D eigenvalue weighted by Crippen LogP contribution is -2.54. The van der Waals surface area contributed by atoms with E-state index in [1.54, 1.807) is 47.6 Å². The predicted octanol–water partition coefficient (Wildman–Crippen LogP) is 1.52. The van der Waals surface area contributed by atoms with Crippen LogP contribution in [0.3, 0.4) is 0 Å². The number of nitrogens with zero attached hydrogens (tertiary/aromatic N) is 2. The van der Waals surface area contributed by atoms with E-state index >= 15 is 0 Å². The largest absolute Gasteiger partial charge is 0.493 e. The zero-order valence-electron chi connectivity index (χ0n) is 16.3. The molecule has 2 aromatic rings. The zero-order valence-corrected chi connectivity index (χ0v) is 16.3. The lowest BCUT2D eigenvalue weighted by molar-refractivity contribution is -0.127. The van der Waals surface area contributed by atoms with Gasteiger partial charge in [-0.2, -0.15) is 0 Å². The molecule has 1 aromatic carbocycles. The molecule has 2 N–H and O–H groups in total. The first-order chi connectivity index (χ1) is 14.1. The third kappa shape index (κ3) is 5.10. The Morgan fingerprint density at radius 2 is 2.07 bits per heavy atom. The summed E-state index contributed by atoms with van der Waals surface area (Å²) in [7, 11) is 0. The van der Waals surface area contributed by atoms with Crippen LogP contribution >= 0.6 is 0 Å².